The van der Waals surface area contributed by atoms with Crippen LogP contribution in [0.4, 0.5) is 0 Å². The highest BCUT2D eigenvalue weighted by Crippen LogP contribution is 2.65. The smallest absolute Gasteiger partial charge is 0.0596 e. The first kappa shape index (κ1) is 15.0. The largest absolute Gasteiger partial charge is 0.411 e. The Morgan fingerprint density at radius 1 is 0.955 bits per heavy atom. The molecule has 0 aromatic heterocycles. The molecule has 0 spiro atoms. The molecule has 3 heteroatoms. The molecule has 4 aliphatic carbocycles. The molecule has 0 radical (unpaired) electrons. The third-order valence-electron chi connectivity index (χ3n) is 8.59. The van der Waals surface area contributed by atoms with Crippen LogP contribution in [0.15, 0.2) is 5.16 Å². The van der Waals surface area contributed by atoms with Crippen LogP contribution >= 0.6 is 0 Å². The van der Waals surface area contributed by atoms with Gasteiger partial charge in [-0.3, -0.25) is 0 Å². The molecule has 0 aromatic carbocycles. The minimum absolute atomic E-state index is 0.0662. The fourth-order valence-electron chi connectivity index (χ4n) is 7.12. The zero-order valence-corrected chi connectivity index (χ0v) is 14.1. The molecular weight excluding hydrogens is 274 g/mol. The summed E-state index contributed by atoms with van der Waals surface area (Å²) in [6, 6.07) is 0. The third kappa shape index (κ3) is 1.87. The Kier molecular flexibility index (Phi) is 3.38. The van der Waals surface area contributed by atoms with Gasteiger partial charge in [-0.15, -0.1) is 0 Å². The van der Waals surface area contributed by atoms with E-state index in [-0.39, 0.29) is 11.5 Å². The van der Waals surface area contributed by atoms with Crippen LogP contribution in [0.2, 0.25) is 0 Å². The van der Waals surface area contributed by atoms with Gasteiger partial charge in [-0.25, -0.2) is 0 Å². The Hall–Kier alpha value is -0.570. The minimum Gasteiger partial charge on any atom is -0.411 e. The molecule has 0 aliphatic heterocycles. The number of aliphatic hydroxyl groups is 1. The van der Waals surface area contributed by atoms with Gasteiger partial charge in [0.25, 0.3) is 0 Å². The maximum atomic E-state index is 10.5. The van der Waals surface area contributed by atoms with E-state index >= 15 is 0 Å². The second-order valence-electron chi connectivity index (χ2n) is 9.16. The lowest BCUT2D eigenvalue weighted by Gasteiger charge is -2.60. The predicted octanol–water partition coefficient (Wildman–Crippen LogP) is 4.22. The average Bonchev–Trinajstić information content (AvgIpc) is 2.82. The van der Waals surface area contributed by atoms with Crippen molar-refractivity contribution < 1.29 is 10.3 Å². The van der Waals surface area contributed by atoms with Gasteiger partial charge in [0.05, 0.1) is 11.8 Å². The van der Waals surface area contributed by atoms with Crippen molar-refractivity contribution in [2.45, 2.75) is 77.7 Å². The van der Waals surface area contributed by atoms with E-state index in [1.807, 2.05) is 0 Å². The predicted molar refractivity (Wildman–Crippen MR) is 87.0 cm³/mol. The van der Waals surface area contributed by atoms with E-state index in [0.29, 0.717) is 11.3 Å². The molecule has 3 nitrogen and oxygen atoms in total. The van der Waals surface area contributed by atoms with E-state index in [0.717, 1.165) is 42.7 Å². The van der Waals surface area contributed by atoms with Crippen molar-refractivity contribution >= 4 is 5.71 Å². The van der Waals surface area contributed by atoms with Gasteiger partial charge in [0, 0.05) is 0 Å². The Morgan fingerprint density at radius 3 is 2.50 bits per heavy atom. The van der Waals surface area contributed by atoms with Gasteiger partial charge in [-0.05, 0) is 92.3 Å². The number of hydrogen-bond acceptors (Lipinski definition) is 3. The Bertz CT molecular complexity index is 490. The van der Waals surface area contributed by atoms with Crippen LogP contribution in [-0.4, -0.2) is 22.1 Å². The fraction of sp³-hybridized carbons (Fsp3) is 0.947. The molecule has 0 saturated heterocycles. The monoisotopic (exact) mass is 305 g/mol. The molecular formula is C19H31NO2. The zero-order valence-electron chi connectivity index (χ0n) is 14.1. The molecule has 0 heterocycles. The van der Waals surface area contributed by atoms with E-state index in [1.165, 1.54) is 38.5 Å². The van der Waals surface area contributed by atoms with Crippen LogP contribution in [0.1, 0.15) is 71.6 Å². The molecule has 124 valence electrons. The highest BCUT2D eigenvalue weighted by molar-refractivity contribution is 5.85. The lowest BCUT2D eigenvalue weighted by molar-refractivity contribution is -0.112. The van der Waals surface area contributed by atoms with E-state index in [2.05, 4.69) is 19.0 Å². The maximum Gasteiger partial charge on any atom is 0.0596 e. The van der Waals surface area contributed by atoms with Crippen molar-refractivity contribution in [2.75, 3.05) is 0 Å². The summed E-state index contributed by atoms with van der Waals surface area (Å²) >= 11 is 0. The standard InChI is InChI=1S/C19H31NO2/c1-18-9-7-13(20-22)11-12(18)3-4-14-15-5-6-17(21)19(15,2)10-8-16(14)18/h12,14-17,21-22H,3-11H2,1-2H3/b20-13-/t12-,14-,15+,16-,17-,18+,19+/m0/s1. The van der Waals surface area contributed by atoms with Crippen LogP contribution in [0.5, 0.6) is 0 Å². The summed E-state index contributed by atoms with van der Waals surface area (Å²) in [5, 5.41) is 23.2. The van der Waals surface area contributed by atoms with Crippen molar-refractivity contribution in [2.24, 2.45) is 39.7 Å². The summed E-state index contributed by atoms with van der Waals surface area (Å²) in [5.74, 6) is 3.11. The summed E-state index contributed by atoms with van der Waals surface area (Å²) in [5.41, 5.74) is 1.65. The van der Waals surface area contributed by atoms with Crippen LogP contribution in [0.25, 0.3) is 0 Å². The number of oxime groups is 1. The maximum absolute atomic E-state index is 10.5. The summed E-state index contributed by atoms with van der Waals surface area (Å²) in [6.45, 7) is 4.88. The van der Waals surface area contributed by atoms with E-state index < -0.39 is 0 Å². The summed E-state index contributed by atoms with van der Waals surface area (Å²) in [6.07, 6.45) is 10.5. The highest BCUT2D eigenvalue weighted by atomic mass is 16.4. The number of aliphatic hydroxyl groups excluding tert-OH is 1. The van der Waals surface area contributed by atoms with E-state index in [4.69, 9.17) is 5.21 Å². The number of hydrogen-bond donors (Lipinski definition) is 2. The molecule has 0 bridgehead atoms. The lowest BCUT2D eigenvalue weighted by Crippen LogP contribution is -2.54. The van der Waals surface area contributed by atoms with Crippen molar-refractivity contribution in [3.05, 3.63) is 0 Å². The van der Waals surface area contributed by atoms with Gasteiger partial charge in [0.1, 0.15) is 0 Å². The summed E-state index contributed by atoms with van der Waals surface area (Å²) in [7, 11) is 0. The lowest BCUT2D eigenvalue weighted by atomic mass is 9.45. The van der Waals surface area contributed by atoms with Crippen LogP contribution in [0, 0.1) is 34.5 Å². The average molecular weight is 305 g/mol. The third-order valence-corrected chi connectivity index (χ3v) is 8.59. The zero-order chi connectivity index (χ0) is 15.5. The summed E-state index contributed by atoms with van der Waals surface area (Å²) < 4.78 is 0. The molecule has 0 unspecified atom stereocenters. The molecule has 4 rings (SSSR count). The number of fused-ring (bicyclic) bond motifs is 5. The first-order chi connectivity index (χ1) is 10.5. The van der Waals surface area contributed by atoms with Crippen molar-refractivity contribution in [3.63, 3.8) is 0 Å². The molecule has 0 amide bonds. The van der Waals surface area contributed by atoms with Crippen molar-refractivity contribution in [1.29, 1.82) is 0 Å². The molecule has 22 heavy (non-hydrogen) atoms. The minimum atomic E-state index is -0.0662. The Labute approximate surface area is 134 Å². The highest BCUT2D eigenvalue weighted by Gasteiger charge is 2.59. The first-order valence-electron chi connectivity index (χ1n) is 9.37. The Balaban J connectivity index is 1.62. The molecule has 4 saturated carbocycles. The molecule has 0 aromatic rings. The van der Waals surface area contributed by atoms with Gasteiger partial charge in [-0.2, -0.15) is 0 Å². The quantitative estimate of drug-likeness (QED) is 0.520. The Morgan fingerprint density at radius 2 is 1.73 bits per heavy atom. The molecule has 4 aliphatic rings. The van der Waals surface area contributed by atoms with E-state index in [1.54, 1.807) is 0 Å². The molecule has 4 fully saturated rings. The van der Waals surface area contributed by atoms with Crippen LogP contribution in [0.3, 0.4) is 0 Å². The molecule has 2 N–H and O–H groups in total. The fourth-order valence-corrected chi connectivity index (χ4v) is 7.12. The van der Waals surface area contributed by atoms with Crippen molar-refractivity contribution in [1.82, 2.24) is 0 Å². The van der Waals surface area contributed by atoms with Crippen LogP contribution < -0.4 is 0 Å². The van der Waals surface area contributed by atoms with Crippen LogP contribution in [-0.2, 0) is 0 Å². The van der Waals surface area contributed by atoms with Gasteiger partial charge in [0.2, 0.25) is 0 Å². The normalized spacial score (nSPS) is 56.3. The van der Waals surface area contributed by atoms with Crippen molar-refractivity contribution in [3.8, 4) is 0 Å². The van der Waals surface area contributed by atoms with Gasteiger partial charge < -0.3 is 10.3 Å². The molecule has 7 atom stereocenters. The van der Waals surface area contributed by atoms with Gasteiger partial charge >= 0.3 is 0 Å². The SMILES string of the molecule is C[C@@]12CC[C@H]3[C@@H](CC[C@H]4C/C(=N\O)CC[C@]43C)[C@H]1CC[C@@H]2O. The first-order valence-corrected chi connectivity index (χ1v) is 9.37. The second-order valence-corrected chi connectivity index (χ2v) is 9.16. The van der Waals surface area contributed by atoms with Gasteiger partial charge in [-0.1, -0.05) is 19.0 Å². The number of rotatable bonds is 0. The number of nitrogens with zero attached hydrogens (tertiary/aromatic N) is 1. The second kappa shape index (κ2) is 4.96. The topological polar surface area (TPSA) is 52.8 Å². The van der Waals surface area contributed by atoms with Gasteiger partial charge in [0.15, 0.2) is 0 Å². The summed E-state index contributed by atoms with van der Waals surface area (Å²) in [4.78, 5) is 0. The van der Waals surface area contributed by atoms with E-state index in [9.17, 15) is 5.11 Å².